The van der Waals surface area contributed by atoms with Gasteiger partial charge >= 0.3 is 0 Å². The predicted octanol–water partition coefficient (Wildman–Crippen LogP) is 3.79. The molecule has 4 unspecified atom stereocenters. The Morgan fingerprint density at radius 3 is 3.10 bits per heavy atom. The summed E-state index contributed by atoms with van der Waals surface area (Å²) >= 11 is 1.91. The molecule has 0 saturated heterocycles. The highest BCUT2D eigenvalue weighted by Crippen LogP contribution is 2.35. The van der Waals surface area contributed by atoms with Gasteiger partial charge in [0.05, 0.1) is 0 Å². The first kappa shape index (κ1) is 14.7. The molecule has 4 heteroatoms. The Morgan fingerprint density at radius 2 is 2.25 bits per heavy atom. The highest BCUT2D eigenvalue weighted by atomic mass is 32.2. The number of aryl methyl sites for hydroxylation is 1. The second-order valence-corrected chi connectivity index (χ2v) is 9.07. The molecular formula is C16H25NOS2. The zero-order chi connectivity index (χ0) is 13.9. The van der Waals surface area contributed by atoms with E-state index >= 15 is 0 Å². The van der Waals surface area contributed by atoms with Crippen molar-refractivity contribution in [1.82, 2.24) is 5.32 Å². The molecule has 1 aromatic rings. The molecule has 0 amide bonds. The van der Waals surface area contributed by atoms with Crippen LogP contribution in [0.4, 0.5) is 0 Å². The summed E-state index contributed by atoms with van der Waals surface area (Å²) in [6.07, 6.45) is 8.59. The van der Waals surface area contributed by atoms with Crippen molar-refractivity contribution >= 4 is 22.1 Å². The van der Waals surface area contributed by atoms with E-state index in [-0.39, 0.29) is 0 Å². The lowest BCUT2D eigenvalue weighted by atomic mass is 9.90. The van der Waals surface area contributed by atoms with Crippen molar-refractivity contribution in [2.24, 2.45) is 0 Å². The Bertz CT molecular complexity index is 471. The fraction of sp³-hybridized carbons (Fsp3) is 0.750. The fourth-order valence-corrected chi connectivity index (χ4v) is 6.05. The zero-order valence-electron chi connectivity index (χ0n) is 12.3. The second-order valence-electron chi connectivity index (χ2n) is 6.07. The standard InChI is InChI=1S/C16H25NOS2/c1-2-20(18)13-6-3-5-12(11-13)17-15-7-4-8-16-14(15)9-10-19-16/h9-10,12-13,15,17H,2-8,11H2,1H3. The van der Waals surface area contributed by atoms with Gasteiger partial charge in [-0.2, -0.15) is 0 Å². The summed E-state index contributed by atoms with van der Waals surface area (Å²) in [6, 6.07) is 3.42. The van der Waals surface area contributed by atoms with Crippen LogP contribution in [0.2, 0.25) is 0 Å². The van der Waals surface area contributed by atoms with E-state index < -0.39 is 10.8 Å². The van der Waals surface area contributed by atoms with Crippen LogP contribution in [-0.4, -0.2) is 21.3 Å². The van der Waals surface area contributed by atoms with Gasteiger partial charge in [-0.3, -0.25) is 4.21 Å². The largest absolute Gasteiger partial charge is 0.307 e. The Labute approximate surface area is 128 Å². The molecular weight excluding hydrogens is 286 g/mol. The van der Waals surface area contributed by atoms with Crippen molar-refractivity contribution in [3.8, 4) is 0 Å². The first-order valence-electron chi connectivity index (χ1n) is 7.97. The molecule has 1 heterocycles. The number of hydrogen-bond donors (Lipinski definition) is 1. The van der Waals surface area contributed by atoms with Gasteiger partial charge in [-0.05, 0) is 55.5 Å². The van der Waals surface area contributed by atoms with E-state index in [4.69, 9.17) is 0 Å². The van der Waals surface area contributed by atoms with E-state index in [1.54, 1.807) is 10.4 Å². The number of thiophene rings is 1. The third kappa shape index (κ3) is 3.18. The summed E-state index contributed by atoms with van der Waals surface area (Å²) < 4.78 is 12.0. The van der Waals surface area contributed by atoms with Crippen LogP contribution < -0.4 is 5.32 Å². The molecule has 1 aromatic heterocycles. The Kier molecular flexibility index (Phi) is 4.95. The van der Waals surface area contributed by atoms with E-state index in [0.29, 0.717) is 17.3 Å². The first-order valence-corrected chi connectivity index (χ1v) is 10.2. The van der Waals surface area contributed by atoms with Crippen LogP contribution in [0.25, 0.3) is 0 Å². The van der Waals surface area contributed by atoms with Gasteiger partial charge in [-0.15, -0.1) is 11.3 Å². The molecule has 1 fully saturated rings. The van der Waals surface area contributed by atoms with Crippen molar-refractivity contribution in [1.29, 1.82) is 0 Å². The zero-order valence-corrected chi connectivity index (χ0v) is 13.9. The summed E-state index contributed by atoms with van der Waals surface area (Å²) in [6.45, 7) is 2.05. The first-order chi connectivity index (χ1) is 9.78. The van der Waals surface area contributed by atoms with Gasteiger partial charge in [0.1, 0.15) is 0 Å². The lowest BCUT2D eigenvalue weighted by Gasteiger charge is -2.34. The summed E-state index contributed by atoms with van der Waals surface area (Å²) in [5.74, 6) is 0.815. The van der Waals surface area contributed by atoms with Gasteiger partial charge < -0.3 is 5.32 Å². The van der Waals surface area contributed by atoms with Gasteiger partial charge in [0.15, 0.2) is 0 Å². The molecule has 0 bridgehead atoms. The number of fused-ring (bicyclic) bond motifs is 1. The van der Waals surface area contributed by atoms with Gasteiger partial charge in [0.25, 0.3) is 0 Å². The molecule has 1 saturated carbocycles. The van der Waals surface area contributed by atoms with Crippen molar-refractivity contribution in [2.75, 3.05) is 5.75 Å². The Balaban J connectivity index is 1.63. The maximum atomic E-state index is 12.0. The van der Waals surface area contributed by atoms with Crippen molar-refractivity contribution < 1.29 is 4.21 Å². The SMILES string of the molecule is CCS(=O)C1CCCC(NC2CCCc3sccc32)C1. The Hall–Kier alpha value is -0.190. The van der Waals surface area contributed by atoms with E-state index in [1.807, 2.05) is 18.3 Å². The summed E-state index contributed by atoms with van der Waals surface area (Å²) in [4.78, 5) is 1.58. The highest BCUT2D eigenvalue weighted by molar-refractivity contribution is 7.85. The van der Waals surface area contributed by atoms with Crippen LogP contribution in [0.3, 0.4) is 0 Å². The minimum atomic E-state index is -0.616. The van der Waals surface area contributed by atoms with Gasteiger partial charge in [-0.1, -0.05) is 13.3 Å². The number of rotatable bonds is 4. The second kappa shape index (κ2) is 6.71. The van der Waals surface area contributed by atoms with E-state index in [0.717, 1.165) is 18.6 Å². The third-order valence-corrected chi connectivity index (χ3v) is 7.51. The Morgan fingerprint density at radius 1 is 1.35 bits per heavy atom. The smallest absolute Gasteiger partial charge is 0.0362 e. The van der Waals surface area contributed by atoms with Crippen LogP contribution in [0.1, 0.15) is 61.9 Å². The molecule has 1 N–H and O–H groups in total. The number of hydrogen-bond acceptors (Lipinski definition) is 3. The quantitative estimate of drug-likeness (QED) is 0.916. The van der Waals surface area contributed by atoms with Crippen molar-refractivity contribution in [3.05, 3.63) is 21.9 Å². The normalized spacial score (nSPS) is 31.8. The average molecular weight is 312 g/mol. The molecule has 0 aliphatic heterocycles. The maximum absolute atomic E-state index is 12.0. The molecule has 2 nitrogen and oxygen atoms in total. The summed E-state index contributed by atoms with van der Waals surface area (Å²) in [5, 5.41) is 6.55. The molecule has 2 aliphatic carbocycles. The topological polar surface area (TPSA) is 29.1 Å². The van der Waals surface area contributed by atoms with E-state index in [1.165, 1.54) is 32.1 Å². The summed E-state index contributed by atoms with van der Waals surface area (Å²) in [7, 11) is -0.616. The van der Waals surface area contributed by atoms with Crippen LogP contribution in [0.15, 0.2) is 11.4 Å². The molecule has 0 aromatic carbocycles. The van der Waals surface area contributed by atoms with Crippen LogP contribution >= 0.6 is 11.3 Å². The predicted molar refractivity (Wildman–Crippen MR) is 87.9 cm³/mol. The van der Waals surface area contributed by atoms with Crippen LogP contribution in [0.5, 0.6) is 0 Å². The van der Waals surface area contributed by atoms with Gasteiger partial charge in [0, 0.05) is 38.8 Å². The number of nitrogens with one attached hydrogen (secondary N) is 1. The minimum absolute atomic E-state index is 0.428. The van der Waals surface area contributed by atoms with Gasteiger partial charge in [0.2, 0.25) is 0 Å². The molecule has 20 heavy (non-hydrogen) atoms. The highest BCUT2D eigenvalue weighted by Gasteiger charge is 2.29. The van der Waals surface area contributed by atoms with Crippen molar-refractivity contribution in [3.63, 3.8) is 0 Å². The van der Waals surface area contributed by atoms with Crippen LogP contribution in [0, 0.1) is 0 Å². The third-order valence-electron chi connectivity index (χ3n) is 4.77. The average Bonchev–Trinajstić information content (AvgIpc) is 2.96. The van der Waals surface area contributed by atoms with Crippen LogP contribution in [-0.2, 0) is 17.2 Å². The van der Waals surface area contributed by atoms with E-state index in [9.17, 15) is 4.21 Å². The van der Waals surface area contributed by atoms with Gasteiger partial charge in [-0.25, -0.2) is 0 Å². The molecule has 0 spiro atoms. The maximum Gasteiger partial charge on any atom is 0.0362 e. The van der Waals surface area contributed by atoms with Crippen molar-refractivity contribution in [2.45, 2.75) is 69.2 Å². The minimum Gasteiger partial charge on any atom is -0.307 e. The molecule has 3 rings (SSSR count). The molecule has 4 atom stereocenters. The molecule has 112 valence electrons. The molecule has 0 radical (unpaired) electrons. The lowest BCUT2D eigenvalue weighted by Crippen LogP contribution is -2.40. The lowest BCUT2D eigenvalue weighted by molar-refractivity contribution is 0.324. The summed E-state index contributed by atoms with van der Waals surface area (Å²) in [5.41, 5.74) is 1.54. The fourth-order valence-electron chi connectivity index (χ4n) is 3.71. The monoisotopic (exact) mass is 311 g/mol. The van der Waals surface area contributed by atoms with E-state index in [2.05, 4.69) is 16.8 Å². The molecule has 2 aliphatic rings.